The standard InChI is InChI=1S/C37H47N5O5.2ClH/c1-6-7-17-37(25-43,42-21-19-40(3)20-22-42)47-33-23-26(2)13-16-31(33)41(4)36(45)28-14-15-30(32(24-28)46-5)39-35(44)29-12-8-10-27-11-9-18-38-34(27)29;;/h8,10,12-16,23-25,38H,6-7,9,11,17-22H2,1-5H3,(H,39,44);2*1H. The number of amides is 2. The normalized spacial score (nSPS) is 15.6. The van der Waals surface area contributed by atoms with Gasteiger partial charge in [0.05, 0.1) is 29.7 Å². The van der Waals surface area contributed by atoms with Crippen LogP contribution in [0.25, 0.3) is 0 Å². The maximum atomic E-state index is 13.9. The number of unbranched alkanes of at least 4 members (excludes halogenated alkanes) is 1. The number of para-hydroxylation sites is 1. The number of benzene rings is 3. The molecule has 2 aliphatic heterocycles. The molecule has 12 heteroatoms. The highest BCUT2D eigenvalue weighted by Gasteiger charge is 2.41. The second-order valence-corrected chi connectivity index (χ2v) is 12.5. The highest BCUT2D eigenvalue weighted by molar-refractivity contribution is 6.10. The number of halogens is 2. The van der Waals surface area contributed by atoms with Gasteiger partial charge in [0.25, 0.3) is 11.8 Å². The zero-order valence-corrected chi connectivity index (χ0v) is 30.7. The first kappa shape index (κ1) is 39.6. The number of likely N-dealkylation sites (N-methyl/N-ethyl adjacent to an activating group) is 1. The van der Waals surface area contributed by atoms with Crippen molar-refractivity contribution < 1.29 is 23.9 Å². The van der Waals surface area contributed by atoms with Crippen LogP contribution in [0.2, 0.25) is 0 Å². The van der Waals surface area contributed by atoms with Gasteiger partial charge < -0.3 is 29.9 Å². The number of anilines is 3. The summed E-state index contributed by atoms with van der Waals surface area (Å²) < 4.78 is 12.3. The number of methoxy groups -OCH3 is 1. The lowest BCUT2D eigenvalue weighted by Crippen LogP contribution is -2.60. The Kier molecular flexibility index (Phi) is 14.3. The van der Waals surface area contributed by atoms with Crippen LogP contribution in [0.4, 0.5) is 17.1 Å². The van der Waals surface area contributed by atoms with Crippen molar-refractivity contribution in [3.63, 3.8) is 0 Å². The van der Waals surface area contributed by atoms with E-state index in [1.54, 1.807) is 31.3 Å². The number of rotatable bonds is 12. The number of ether oxygens (including phenoxy) is 2. The number of hydrogen-bond acceptors (Lipinski definition) is 8. The molecule has 3 aromatic rings. The largest absolute Gasteiger partial charge is 0.495 e. The van der Waals surface area contributed by atoms with E-state index in [0.717, 1.165) is 68.4 Å². The Hall–Kier alpha value is -3.83. The summed E-state index contributed by atoms with van der Waals surface area (Å²) in [5, 5.41) is 6.32. The molecule has 2 aliphatic rings. The molecule has 0 bridgehead atoms. The molecule has 5 rings (SSSR count). The molecule has 0 radical (unpaired) electrons. The molecule has 0 aliphatic carbocycles. The molecule has 1 saturated heterocycles. The Morgan fingerprint density at radius 2 is 1.80 bits per heavy atom. The van der Waals surface area contributed by atoms with Crippen LogP contribution in [-0.2, 0) is 11.2 Å². The van der Waals surface area contributed by atoms with Gasteiger partial charge in [-0.15, -0.1) is 24.8 Å². The SMILES string of the molecule is CCCCC(C=O)(Oc1cc(C)ccc1N(C)C(=O)c1ccc(NC(=O)c2cccc3c2NCCC3)c(OC)c1)N1CCN(C)CC1.Cl.Cl. The van der Waals surface area contributed by atoms with Gasteiger partial charge >= 0.3 is 0 Å². The Morgan fingerprint density at radius 1 is 1.04 bits per heavy atom. The molecular weight excluding hydrogens is 665 g/mol. The number of hydrogen-bond donors (Lipinski definition) is 2. The number of aldehydes is 1. The zero-order chi connectivity index (χ0) is 33.6. The molecule has 1 fully saturated rings. The Bertz CT molecular complexity index is 1610. The number of fused-ring (bicyclic) bond motifs is 1. The van der Waals surface area contributed by atoms with Crippen molar-refractivity contribution in [2.45, 2.75) is 51.7 Å². The molecule has 0 spiro atoms. The van der Waals surface area contributed by atoms with Crippen LogP contribution in [0.15, 0.2) is 54.6 Å². The predicted molar refractivity (Wildman–Crippen MR) is 201 cm³/mol. The second-order valence-electron chi connectivity index (χ2n) is 12.5. The molecule has 1 unspecified atom stereocenters. The van der Waals surface area contributed by atoms with Gasteiger partial charge in [-0.1, -0.05) is 31.5 Å². The van der Waals surface area contributed by atoms with Crippen LogP contribution in [-0.4, -0.2) is 87.6 Å². The Labute approximate surface area is 302 Å². The van der Waals surface area contributed by atoms with Crippen LogP contribution in [0.5, 0.6) is 11.5 Å². The Morgan fingerprint density at radius 3 is 2.49 bits per heavy atom. The summed E-state index contributed by atoms with van der Waals surface area (Å²) in [5.41, 5.74) is 3.75. The van der Waals surface area contributed by atoms with Gasteiger partial charge in [-0.3, -0.25) is 19.3 Å². The minimum absolute atomic E-state index is 0. The van der Waals surface area contributed by atoms with E-state index in [1.165, 1.54) is 12.0 Å². The van der Waals surface area contributed by atoms with E-state index in [9.17, 15) is 14.4 Å². The fourth-order valence-electron chi connectivity index (χ4n) is 6.34. The van der Waals surface area contributed by atoms with Crippen molar-refractivity contribution in [2.24, 2.45) is 0 Å². The number of piperazine rings is 1. The van der Waals surface area contributed by atoms with E-state index in [-0.39, 0.29) is 36.6 Å². The zero-order valence-electron chi connectivity index (χ0n) is 29.0. The third-order valence-electron chi connectivity index (χ3n) is 9.20. The second kappa shape index (κ2) is 17.7. The van der Waals surface area contributed by atoms with Crippen molar-refractivity contribution in [3.8, 4) is 11.5 Å². The van der Waals surface area contributed by atoms with Gasteiger partial charge in [0.2, 0.25) is 5.72 Å². The van der Waals surface area contributed by atoms with Crippen molar-refractivity contribution >= 4 is 60.0 Å². The van der Waals surface area contributed by atoms with Crippen LogP contribution in [0.1, 0.15) is 64.4 Å². The first-order chi connectivity index (χ1) is 22.7. The molecule has 266 valence electrons. The van der Waals surface area contributed by atoms with E-state index < -0.39 is 5.72 Å². The van der Waals surface area contributed by atoms with Crippen LogP contribution >= 0.6 is 24.8 Å². The topological polar surface area (TPSA) is 103 Å². The molecular formula is C37H49Cl2N5O5. The van der Waals surface area contributed by atoms with E-state index in [0.29, 0.717) is 53.5 Å². The Balaban J connectivity index is 0.00000325. The summed E-state index contributed by atoms with van der Waals surface area (Å²) in [5.74, 6) is 0.291. The summed E-state index contributed by atoms with van der Waals surface area (Å²) in [6.07, 6.45) is 5.19. The lowest BCUT2D eigenvalue weighted by Gasteiger charge is -2.44. The molecule has 2 heterocycles. The summed E-state index contributed by atoms with van der Waals surface area (Å²) in [6.45, 7) is 7.98. The molecule has 0 aromatic heterocycles. The number of carbonyl (C=O) groups is 3. The van der Waals surface area contributed by atoms with Crippen LogP contribution in [0, 0.1) is 6.92 Å². The monoisotopic (exact) mass is 713 g/mol. The van der Waals surface area contributed by atoms with Crippen molar-refractivity contribution in [1.82, 2.24) is 9.80 Å². The first-order valence-corrected chi connectivity index (χ1v) is 16.5. The third kappa shape index (κ3) is 8.86. The van der Waals surface area contributed by atoms with E-state index in [4.69, 9.17) is 9.47 Å². The van der Waals surface area contributed by atoms with E-state index in [2.05, 4.69) is 34.4 Å². The van der Waals surface area contributed by atoms with Gasteiger partial charge in [0.1, 0.15) is 11.5 Å². The van der Waals surface area contributed by atoms with Gasteiger partial charge in [-0.05, 0) is 80.8 Å². The smallest absolute Gasteiger partial charge is 0.258 e. The van der Waals surface area contributed by atoms with Crippen molar-refractivity contribution in [2.75, 3.05) is 69.5 Å². The highest BCUT2D eigenvalue weighted by atomic mass is 35.5. The van der Waals surface area contributed by atoms with Gasteiger partial charge in [0.15, 0.2) is 6.29 Å². The minimum Gasteiger partial charge on any atom is -0.495 e. The van der Waals surface area contributed by atoms with Crippen molar-refractivity contribution in [3.05, 3.63) is 76.9 Å². The van der Waals surface area contributed by atoms with Gasteiger partial charge in [-0.25, -0.2) is 0 Å². The fourth-order valence-corrected chi connectivity index (χ4v) is 6.34. The minimum atomic E-state index is -1.14. The molecule has 49 heavy (non-hydrogen) atoms. The number of nitrogens with zero attached hydrogens (tertiary/aromatic N) is 3. The maximum Gasteiger partial charge on any atom is 0.258 e. The molecule has 10 nitrogen and oxygen atoms in total. The van der Waals surface area contributed by atoms with E-state index >= 15 is 0 Å². The lowest BCUT2D eigenvalue weighted by atomic mass is 9.99. The van der Waals surface area contributed by atoms with Crippen LogP contribution < -0.4 is 25.0 Å². The number of nitrogens with one attached hydrogen (secondary N) is 2. The van der Waals surface area contributed by atoms with Crippen molar-refractivity contribution in [1.29, 1.82) is 0 Å². The highest BCUT2D eigenvalue weighted by Crippen LogP contribution is 2.36. The maximum absolute atomic E-state index is 13.9. The molecule has 2 N–H and O–H groups in total. The average molecular weight is 715 g/mol. The van der Waals surface area contributed by atoms with Gasteiger partial charge in [0, 0.05) is 51.8 Å². The fraction of sp³-hybridized carbons (Fsp3) is 0.432. The summed E-state index contributed by atoms with van der Waals surface area (Å²) >= 11 is 0. The molecule has 2 amide bonds. The quantitative estimate of drug-likeness (QED) is 0.207. The summed E-state index contributed by atoms with van der Waals surface area (Å²) in [7, 11) is 5.28. The predicted octanol–water partition coefficient (Wildman–Crippen LogP) is 6.45. The number of carbonyl (C=O) groups excluding carboxylic acids is 3. The average Bonchev–Trinajstić information content (AvgIpc) is 3.09. The van der Waals surface area contributed by atoms with Gasteiger partial charge in [-0.2, -0.15) is 0 Å². The lowest BCUT2D eigenvalue weighted by molar-refractivity contribution is -0.146. The number of aryl methyl sites for hydroxylation is 2. The summed E-state index contributed by atoms with van der Waals surface area (Å²) in [6, 6.07) is 16.4. The third-order valence-corrected chi connectivity index (χ3v) is 9.20. The first-order valence-electron chi connectivity index (χ1n) is 16.5. The molecule has 1 atom stereocenters. The summed E-state index contributed by atoms with van der Waals surface area (Å²) in [4.78, 5) is 46.1. The molecule has 0 saturated carbocycles. The van der Waals surface area contributed by atoms with Crippen LogP contribution in [0.3, 0.4) is 0 Å². The van der Waals surface area contributed by atoms with E-state index in [1.807, 2.05) is 37.3 Å². The molecule has 3 aromatic carbocycles.